The first-order chi connectivity index (χ1) is 21.0. The van der Waals surface area contributed by atoms with Crippen LogP contribution in [0.5, 0.6) is 0 Å². The smallest absolute Gasteiger partial charge is 0.120 e. The van der Waals surface area contributed by atoms with Gasteiger partial charge in [-0.3, -0.25) is 0 Å². The van der Waals surface area contributed by atoms with Crippen LogP contribution < -0.4 is 0 Å². The van der Waals surface area contributed by atoms with E-state index in [0.717, 1.165) is 44.5 Å². The van der Waals surface area contributed by atoms with Crippen LogP contribution in [0.1, 0.15) is 26.3 Å². The van der Waals surface area contributed by atoms with Crippen LogP contribution in [-0.4, -0.2) is 9.97 Å². The second-order valence-electron chi connectivity index (χ2n) is 11.7. The number of hydrogen-bond acceptors (Lipinski definition) is 3. The SMILES string of the molecule is CC(C)(C)c1ccnc(-c2[c-]cc3c(ccc4ccccc43)c2)c1.[Ir].[c-]1ccc2c(oc3ccccc32)c1-c1ccccn1. The number of benzene rings is 5. The maximum Gasteiger partial charge on any atom is 0.120 e. The molecule has 0 unspecified atom stereocenters. The van der Waals surface area contributed by atoms with Gasteiger partial charge in [0.15, 0.2) is 0 Å². The molecule has 5 aromatic carbocycles. The van der Waals surface area contributed by atoms with Crippen molar-refractivity contribution in [3.05, 3.63) is 145 Å². The Bertz CT molecular complexity index is 2230. The minimum absolute atomic E-state index is 0. The van der Waals surface area contributed by atoms with E-state index in [1.165, 1.54) is 27.1 Å². The van der Waals surface area contributed by atoms with Crippen molar-refractivity contribution in [1.29, 1.82) is 0 Å². The largest absolute Gasteiger partial charge is 0.501 e. The molecule has 0 bridgehead atoms. The zero-order chi connectivity index (χ0) is 29.4. The summed E-state index contributed by atoms with van der Waals surface area (Å²) in [7, 11) is 0. The Kier molecular flexibility index (Phi) is 8.14. The fraction of sp³-hybridized carbons (Fsp3) is 0.100. The van der Waals surface area contributed by atoms with Crippen molar-refractivity contribution in [2.45, 2.75) is 26.2 Å². The number of para-hydroxylation sites is 1. The molecule has 0 atom stereocenters. The van der Waals surface area contributed by atoms with E-state index in [1.54, 1.807) is 6.20 Å². The van der Waals surface area contributed by atoms with E-state index < -0.39 is 0 Å². The summed E-state index contributed by atoms with van der Waals surface area (Å²) in [6.45, 7) is 6.67. The Morgan fingerprint density at radius 3 is 2.18 bits per heavy atom. The monoisotopic (exact) mass is 747 g/mol. The van der Waals surface area contributed by atoms with Crippen molar-refractivity contribution in [2.24, 2.45) is 0 Å². The fourth-order valence-electron chi connectivity index (χ4n) is 5.53. The molecule has 4 heteroatoms. The predicted molar refractivity (Wildman–Crippen MR) is 178 cm³/mol. The fourth-order valence-corrected chi connectivity index (χ4v) is 5.53. The average Bonchev–Trinajstić information content (AvgIpc) is 3.44. The number of pyridine rings is 2. The van der Waals surface area contributed by atoms with E-state index in [9.17, 15) is 0 Å². The Labute approximate surface area is 271 Å². The van der Waals surface area contributed by atoms with Gasteiger partial charge < -0.3 is 14.4 Å². The van der Waals surface area contributed by atoms with Gasteiger partial charge in [0.2, 0.25) is 0 Å². The van der Waals surface area contributed by atoms with Crippen molar-refractivity contribution in [3.63, 3.8) is 0 Å². The molecule has 8 aromatic rings. The van der Waals surface area contributed by atoms with Crippen molar-refractivity contribution in [1.82, 2.24) is 9.97 Å². The van der Waals surface area contributed by atoms with Gasteiger partial charge >= 0.3 is 0 Å². The zero-order valence-corrected chi connectivity index (χ0v) is 27.2. The summed E-state index contributed by atoms with van der Waals surface area (Å²) < 4.78 is 5.97. The Balaban J connectivity index is 0.000000156. The molecule has 0 aliphatic carbocycles. The van der Waals surface area contributed by atoms with Crippen LogP contribution >= 0.6 is 0 Å². The summed E-state index contributed by atoms with van der Waals surface area (Å²) in [5, 5.41) is 7.24. The van der Waals surface area contributed by atoms with Crippen molar-refractivity contribution < 1.29 is 24.5 Å². The van der Waals surface area contributed by atoms with E-state index in [2.05, 4.69) is 110 Å². The van der Waals surface area contributed by atoms with Gasteiger partial charge in [0, 0.05) is 37.9 Å². The molecule has 0 N–H and O–H groups in total. The average molecular weight is 747 g/mol. The van der Waals surface area contributed by atoms with Gasteiger partial charge in [0.05, 0.1) is 5.58 Å². The van der Waals surface area contributed by atoms with E-state index in [-0.39, 0.29) is 25.5 Å². The third kappa shape index (κ3) is 5.67. The van der Waals surface area contributed by atoms with Gasteiger partial charge in [0.1, 0.15) is 5.58 Å². The van der Waals surface area contributed by atoms with Crippen LogP contribution in [0.15, 0.2) is 132 Å². The molecule has 0 saturated heterocycles. The second kappa shape index (κ2) is 12.2. The van der Waals surface area contributed by atoms with Crippen molar-refractivity contribution in [2.75, 3.05) is 0 Å². The molecule has 0 aliphatic heterocycles. The predicted octanol–water partition coefficient (Wildman–Crippen LogP) is 10.6. The molecule has 1 radical (unpaired) electrons. The Morgan fingerprint density at radius 2 is 1.36 bits per heavy atom. The van der Waals surface area contributed by atoms with Gasteiger partial charge in [0.25, 0.3) is 0 Å². The zero-order valence-electron chi connectivity index (χ0n) is 24.8. The van der Waals surface area contributed by atoms with Gasteiger partial charge in [-0.15, -0.1) is 47.3 Å². The van der Waals surface area contributed by atoms with Gasteiger partial charge in [-0.1, -0.05) is 115 Å². The summed E-state index contributed by atoms with van der Waals surface area (Å²) >= 11 is 0. The Morgan fingerprint density at radius 1 is 0.614 bits per heavy atom. The van der Waals surface area contributed by atoms with Crippen LogP contribution in [0.3, 0.4) is 0 Å². The third-order valence-corrected chi connectivity index (χ3v) is 7.84. The van der Waals surface area contributed by atoms with Crippen molar-refractivity contribution in [3.8, 4) is 22.5 Å². The molecule has 0 fully saturated rings. The Hall–Kier alpha value is -4.63. The van der Waals surface area contributed by atoms with E-state index in [4.69, 9.17) is 4.42 Å². The summed E-state index contributed by atoms with van der Waals surface area (Å²) in [5.41, 5.74) is 6.98. The van der Waals surface area contributed by atoms with Gasteiger partial charge in [-0.25, -0.2) is 0 Å². The first-order valence-corrected chi connectivity index (χ1v) is 14.5. The molecule has 0 saturated carbocycles. The van der Waals surface area contributed by atoms with Crippen LogP contribution in [0, 0.1) is 12.1 Å². The molecule has 3 aromatic heterocycles. The van der Waals surface area contributed by atoms with E-state index >= 15 is 0 Å². The molecular weight excluding hydrogens is 717 g/mol. The first-order valence-electron chi connectivity index (χ1n) is 14.5. The summed E-state index contributed by atoms with van der Waals surface area (Å²) in [6.07, 6.45) is 3.68. The number of rotatable bonds is 2. The molecule has 3 heterocycles. The van der Waals surface area contributed by atoms with E-state index in [1.807, 2.05) is 54.7 Å². The molecule has 0 spiro atoms. The second-order valence-corrected chi connectivity index (χ2v) is 11.7. The number of hydrogen-bond donors (Lipinski definition) is 0. The summed E-state index contributed by atoms with van der Waals surface area (Å²) in [5.74, 6) is 0. The summed E-state index contributed by atoms with van der Waals surface area (Å²) in [6, 6.07) is 45.9. The van der Waals surface area contributed by atoms with Crippen LogP contribution in [-0.2, 0) is 25.5 Å². The number of nitrogens with zero attached hydrogens (tertiary/aromatic N) is 2. The molecular formula is C40H30IrN2O-2. The summed E-state index contributed by atoms with van der Waals surface area (Å²) in [4.78, 5) is 8.94. The molecule has 0 aliphatic rings. The maximum atomic E-state index is 5.97. The van der Waals surface area contributed by atoms with E-state index in [0.29, 0.717) is 0 Å². The number of fused-ring (bicyclic) bond motifs is 6. The standard InChI is InChI=1S/C23H20N.C17H10NO.Ir/c1-23(2,3)19-12-13-24-22(15-19)18-10-11-21-17(14-18)9-8-16-6-4-5-7-20(16)21;1-2-10-16-12(6-1)13-7-5-8-14(17(13)19-16)15-9-3-4-11-18-15;/h4-9,11-15H,1-3H3;1-7,9-11H;/q2*-1;. The third-order valence-electron chi connectivity index (χ3n) is 7.84. The first kappa shape index (κ1) is 29.4. The molecule has 0 amide bonds. The minimum Gasteiger partial charge on any atom is -0.501 e. The minimum atomic E-state index is 0. The number of furan rings is 1. The molecule has 3 nitrogen and oxygen atoms in total. The topological polar surface area (TPSA) is 38.9 Å². The molecule has 217 valence electrons. The van der Waals surface area contributed by atoms with Crippen LogP contribution in [0.2, 0.25) is 0 Å². The number of aromatic nitrogens is 2. The van der Waals surface area contributed by atoms with Gasteiger partial charge in [-0.2, -0.15) is 0 Å². The quantitative estimate of drug-likeness (QED) is 0.131. The maximum absolute atomic E-state index is 5.97. The molecule has 44 heavy (non-hydrogen) atoms. The van der Waals surface area contributed by atoms with Crippen LogP contribution in [0.25, 0.3) is 66.0 Å². The normalized spacial score (nSPS) is 11.3. The molecule has 8 rings (SSSR count). The van der Waals surface area contributed by atoms with Gasteiger partial charge in [-0.05, 0) is 46.0 Å². The van der Waals surface area contributed by atoms with Crippen LogP contribution in [0.4, 0.5) is 0 Å². The van der Waals surface area contributed by atoms with Crippen molar-refractivity contribution >= 4 is 43.5 Å².